The molecule has 2 rings (SSSR count). The van der Waals surface area contributed by atoms with E-state index >= 15 is 0 Å². The number of carbonyl (C=O) groups excluding carboxylic acids is 1. The van der Waals surface area contributed by atoms with Crippen LogP contribution in [0.2, 0.25) is 0 Å². The second-order valence-electron chi connectivity index (χ2n) is 2.99. The third-order valence-electron chi connectivity index (χ3n) is 1.96. The normalized spacial score (nSPS) is 10.2. The number of aryl methyl sites for hydroxylation is 1. The van der Waals surface area contributed by atoms with E-state index < -0.39 is 5.91 Å². The quantitative estimate of drug-likeness (QED) is 0.742. The molecular weight excluding hydrogens is 194 g/mol. The molecule has 76 valence electrons. The summed E-state index contributed by atoms with van der Waals surface area (Å²) in [6.07, 6.45) is 4.71. The van der Waals surface area contributed by atoms with E-state index in [1.807, 2.05) is 0 Å². The molecule has 6 nitrogen and oxygen atoms in total. The first kappa shape index (κ1) is 9.32. The monoisotopic (exact) mass is 203 g/mol. The van der Waals surface area contributed by atoms with E-state index in [1.54, 1.807) is 31.7 Å². The molecule has 0 saturated carbocycles. The van der Waals surface area contributed by atoms with Crippen LogP contribution in [0.4, 0.5) is 0 Å². The Balaban J connectivity index is 2.48. The molecule has 6 heteroatoms. The third kappa shape index (κ3) is 1.69. The highest BCUT2D eigenvalue weighted by Crippen LogP contribution is 2.14. The average molecular weight is 203 g/mol. The van der Waals surface area contributed by atoms with Gasteiger partial charge in [0.15, 0.2) is 0 Å². The van der Waals surface area contributed by atoms with Crippen LogP contribution in [-0.4, -0.2) is 25.7 Å². The van der Waals surface area contributed by atoms with Gasteiger partial charge >= 0.3 is 0 Å². The van der Waals surface area contributed by atoms with Crippen molar-refractivity contribution in [2.75, 3.05) is 0 Å². The van der Waals surface area contributed by atoms with E-state index in [1.165, 1.54) is 4.68 Å². The predicted octanol–water partition coefficient (Wildman–Crippen LogP) is -0.0240. The lowest BCUT2D eigenvalue weighted by Crippen LogP contribution is -2.15. The van der Waals surface area contributed by atoms with E-state index in [4.69, 9.17) is 5.73 Å². The van der Waals surface area contributed by atoms with Crippen LogP contribution in [0.25, 0.3) is 11.4 Å². The van der Waals surface area contributed by atoms with Crippen LogP contribution in [0.15, 0.2) is 24.7 Å². The second kappa shape index (κ2) is 3.49. The van der Waals surface area contributed by atoms with Gasteiger partial charge in [-0.25, -0.2) is 0 Å². The first-order valence-electron chi connectivity index (χ1n) is 4.28. The van der Waals surface area contributed by atoms with Gasteiger partial charge in [-0.15, -0.1) is 0 Å². The highest BCUT2D eigenvalue weighted by Gasteiger charge is 2.11. The Kier molecular flexibility index (Phi) is 2.17. The van der Waals surface area contributed by atoms with Crippen molar-refractivity contribution in [3.8, 4) is 11.4 Å². The lowest BCUT2D eigenvalue weighted by atomic mass is 10.3. The number of aromatic nitrogens is 4. The molecule has 0 fully saturated rings. The molecule has 0 spiro atoms. The molecule has 1 amide bonds. The fraction of sp³-hybridized carbons (Fsp3) is 0.111. The number of hydrogen-bond donors (Lipinski definition) is 1. The zero-order valence-electron chi connectivity index (χ0n) is 8.08. The molecule has 0 atom stereocenters. The topological polar surface area (TPSA) is 86.7 Å². The average Bonchev–Trinajstić information content (AvgIpc) is 2.62. The van der Waals surface area contributed by atoms with Crippen molar-refractivity contribution in [3.05, 3.63) is 30.4 Å². The first-order chi connectivity index (χ1) is 7.18. The minimum atomic E-state index is -0.514. The molecule has 0 radical (unpaired) electrons. The molecule has 0 bridgehead atoms. The molecule has 0 unspecified atom stereocenters. The fourth-order valence-corrected chi connectivity index (χ4v) is 1.25. The van der Waals surface area contributed by atoms with Crippen LogP contribution in [0.3, 0.4) is 0 Å². The van der Waals surface area contributed by atoms with Gasteiger partial charge in [-0.3, -0.25) is 19.4 Å². The standard InChI is InChI=1S/C9H9N5O/c1-14-8(9(10)15)4-6(13-14)7-5-11-2-3-12-7/h2-5H,1H3,(H2,10,15). The zero-order chi connectivity index (χ0) is 10.8. The van der Waals surface area contributed by atoms with Gasteiger partial charge in [0.25, 0.3) is 5.91 Å². The number of nitrogens with zero attached hydrogens (tertiary/aromatic N) is 4. The minimum Gasteiger partial charge on any atom is -0.364 e. The lowest BCUT2D eigenvalue weighted by molar-refractivity contribution is 0.0991. The molecule has 0 aromatic carbocycles. The van der Waals surface area contributed by atoms with Crippen molar-refractivity contribution in [1.82, 2.24) is 19.7 Å². The number of carbonyl (C=O) groups is 1. The van der Waals surface area contributed by atoms with Crippen LogP contribution < -0.4 is 5.73 Å². The number of nitrogens with two attached hydrogens (primary N) is 1. The predicted molar refractivity (Wildman–Crippen MR) is 52.8 cm³/mol. The summed E-state index contributed by atoms with van der Waals surface area (Å²) in [4.78, 5) is 19.0. The molecule has 2 aromatic heterocycles. The summed E-state index contributed by atoms with van der Waals surface area (Å²) in [5.41, 5.74) is 6.71. The maximum atomic E-state index is 11.0. The minimum absolute atomic E-state index is 0.343. The smallest absolute Gasteiger partial charge is 0.266 e. The number of amides is 1. The van der Waals surface area contributed by atoms with E-state index in [0.29, 0.717) is 17.1 Å². The van der Waals surface area contributed by atoms with Crippen molar-refractivity contribution in [2.24, 2.45) is 12.8 Å². The van der Waals surface area contributed by atoms with Crippen LogP contribution in [-0.2, 0) is 7.05 Å². The summed E-state index contributed by atoms with van der Waals surface area (Å²) in [5, 5.41) is 4.12. The Bertz CT molecular complexity index is 490. The van der Waals surface area contributed by atoms with Crippen molar-refractivity contribution in [1.29, 1.82) is 0 Å². The van der Waals surface area contributed by atoms with E-state index in [2.05, 4.69) is 15.1 Å². The summed E-state index contributed by atoms with van der Waals surface area (Å²) in [5.74, 6) is -0.514. The summed E-state index contributed by atoms with van der Waals surface area (Å²) >= 11 is 0. The Morgan fingerprint density at radius 1 is 1.40 bits per heavy atom. The van der Waals surface area contributed by atoms with E-state index in [0.717, 1.165) is 0 Å². The SMILES string of the molecule is Cn1nc(-c2cnccn2)cc1C(N)=O. The molecule has 2 N–H and O–H groups in total. The molecule has 0 saturated heterocycles. The third-order valence-corrected chi connectivity index (χ3v) is 1.96. The summed E-state index contributed by atoms with van der Waals surface area (Å²) in [7, 11) is 1.65. The highest BCUT2D eigenvalue weighted by molar-refractivity contribution is 5.92. The van der Waals surface area contributed by atoms with Crippen LogP contribution in [0, 0.1) is 0 Å². The van der Waals surface area contributed by atoms with Crippen molar-refractivity contribution >= 4 is 5.91 Å². The first-order valence-corrected chi connectivity index (χ1v) is 4.28. The lowest BCUT2D eigenvalue weighted by Gasteiger charge is -1.92. The Labute approximate surface area is 85.8 Å². The number of primary amides is 1. The maximum Gasteiger partial charge on any atom is 0.266 e. The van der Waals surface area contributed by atoms with Gasteiger partial charge in [0, 0.05) is 19.4 Å². The van der Waals surface area contributed by atoms with Crippen molar-refractivity contribution in [3.63, 3.8) is 0 Å². The van der Waals surface area contributed by atoms with Gasteiger partial charge in [0.05, 0.1) is 6.20 Å². The summed E-state index contributed by atoms with van der Waals surface area (Å²) in [6, 6.07) is 1.59. The highest BCUT2D eigenvalue weighted by atomic mass is 16.1. The molecule has 15 heavy (non-hydrogen) atoms. The van der Waals surface area contributed by atoms with Gasteiger partial charge in [-0.05, 0) is 6.07 Å². The Morgan fingerprint density at radius 2 is 2.20 bits per heavy atom. The summed E-state index contributed by atoms with van der Waals surface area (Å²) in [6.45, 7) is 0. The molecule has 2 aromatic rings. The van der Waals surface area contributed by atoms with Gasteiger partial charge in [0.2, 0.25) is 0 Å². The van der Waals surface area contributed by atoms with Gasteiger partial charge in [-0.2, -0.15) is 5.10 Å². The van der Waals surface area contributed by atoms with E-state index in [-0.39, 0.29) is 0 Å². The van der Waals surface area contributed by atoms with E-state index in [9.17, 15) is 4.79 Å². The summed E-state index contributed by atoms with van der Waals surface area (Å²) < 4.78 is 1.42. The van der Waals surface area contributed by atoms with Crippen LogP contribution >= 0.6 is 0 Å². The molecule has 2 heterocycles. The van der Waals surface area contributed by atoms with Gasteiger partial charge < -0.3 is 5.73 Å². The second-order valence-corrected chi connectivity index (χ2v) is 2.99. The van der Waals surface area contributed by atoms with Crippen molar-refractivity contribution < 1.29 is 4.79 Å². The van der Waals surface area contributed by atoms with Gasteiger partial charge in [-0.1, -0.05) is 0 Å². The number of rotatable bonds is 2. The molecule has 0 aliphatic carbocycles. The van der Waals surface area contributed by atoms with Gasteiger partial charge in [0.1, 0.15) is 17.1 Å². The Morgan fingerprint density at radius 3 is 2.73 bits per heavy atom. The molecule has 0 aliphatic rings. The Hall–Kier alpha value is -2.24. The largest absolute Gasteiger partial charge is 0.364 e. The maximum absolute atomic E-state index is 11.0. The van der Waals surface area contributed by atoms with Crippen LogP contribution in [0.1, 0.15) is 10.5 Å². The fourth-order valence-electron chi connectivity index (χ4n) is 1.25. The van der Waals surface area contributed by atoms with Crippen molar-refractivity contribution in [2.45, 2.75) is 0 Å². The molecular formula is C9H9N5O. The number of hydrogen-bond acceptors (Lipinski definition) is 4. The van der Waals surface area contributed by atoms with Crippen LogP contribution in [0.5, 0.6) is 0 Å². The zero-order valence-corrected chi connectivity index (χ0v) is 8.08. The molecule has 0 aliphatic heterocycles.